The fraction of sp³-hybridized carbons (Fsp3) is 0.423. The third-order valence-corrected chi connectivity index (χ3v) is 8.09. The largest absolute Gasteiger partial charge is 0.504 e. The number of nitrogens with zero attached hydrogens (tertiary/aromatic N) is 1. The summed E-state index contributed by atoms with van der Waals surface area (Å²) < 4.78 is 0. The molecule has 8 heteroatoms. The first-order valence-electron chi connectivity index (χ1n) is 11.9. The molecular formula is C26H27N3O5. The summed E-state index contributed by atoms with van der Waals surface area (Å²) in [5.74, 6) is -2.79. The van der Waals surface area contributed by atoms with Crippen molar-refractivity contribution in [3.63, 3.8) is 0 Å². The van der Waals surface area contributed by atoms with Gasteiger partial charge in [0.25, 0.3) is 0 Å². The molecule has 6 rings (SSSR count). The van der Waals surface area contributed by atoms with Gasteiger partial charge in [-0.3, -0.25) is 24.6 Å². The van der Waals surface area contributed by atoms with Crippen LogP contribution in [0.2, 0.25) is 0 Å². The van der Waals surface area contributed by atoms with E-state index in [9.17, 15) is 24.6 Å². The van der Waals surface area contributed by atoms with E-state index in [2.05, 4.69) is 10.6 Å². The molecule has 0 radical (unpaired) electrons. The molecule has 4 atom stereocenters. The van der Waals surface area contributed by atoms with Crippen molar-refractivity contribution in [2.24, 2.45) is 11.8 Å². The zero-order chi connectivity index (χ0) is 23.8. The van der Waals surface area contributed by atoms with E-state index < -0.39 is 23.4 Å². The van der Waals surface area contributed by atoms with Crippen molar-refractivity contribution in [2.45, 2.75) is 56.7 Å². The highest BCUT2D eigenvalue weighted by atomic mass is 16.3. The van der Waals surface area contributed by atoms with Gasteiger partial charge in [-0.15, -0.1) is 0 Å². The number of nitrogens with one attached hydrogen (secondary N) is 2. The van der Waals surface area contributed by atoms with Gasteiger partial charge >= 0.3 is 0 Å². The van der Waals surface area contributed by atoms with Crippen LogP contribution in [0.3, 0.4) is 0 Å². The van der Waals surface area contributed by atoms with Crippen LogP contribution in [-0.4, -0.2) is 44.9 Å². The van der Waals surface area contributed by atoms with Crippen LogP contribution in [0.4, 0.5) is 5.69 Å². The molecule has 1 aliphatic carbocycles. The number of hydrogen-bond donors (Lipinski definition) is 4. The lowest BCUT2D eigenvalue weighted by Crippen LogP contribution is -2.54. The Morgan fingerprint density at radius 3 is 2.50 bits per heavy atom. The fourth-order valence-corrected chi connectivity index (χ4v) is 6.59. The van der Waals surface area contributed by atoms with E-state index in [1.165, 1.54) is 17.0 Å². The molecule has 4 aliphatic rings. The molecule has 0 aromatic heterocycles. The molecule has 2 saturated heterocycles. The summed E-state index contributed by atoms with van der Waals surface area (Å²) in [4.78, 5) is 42.7. The quantitative estimate of drug-likeness (QED) is 0.412. The maximum absolute atomic E-state index is 13.9. The highest BCUT2D eigenvalue weighted by molar-refractivity contribution is 6.15. The van der Waals surface area contributed by atoms with Gasteiger partial charge in [0, 0.05) is 23.3 Å². The maximum atomic E-state index is 13.9. The summed E-state index contributed by atoms with van der Waals surface area (Å²) in [7, 11) is 0. The normalized spacial score (nSPS) is 30.3. The molecule has 0 unspecified atom stereocenters. The Kier molecular flexibility index (Phi) is 4.55. The van der Waals surface area contributed by atoms with Gasteiger partial charge < -0.3 is 15.5 Å². The van der Waals surface area contributed by atoms with Crippen molar-refractivity contribution in [1.82, 2.24) is 10.2 Å². The van der Waals surface area contributed by atoms with E-state index in [0.29, 0.717) is 23.2 Å². The number of hydrogen-bond acceptors (Lipinski definition) is 6. The number of anilines is 1. The third-order valence-electron chi connectivity index (χ3n) is 8.09. The molecule has 1 spiro atoms. The van der Waals surface area contributed by atoms with Crippen LogP contribution in [0, 0.1) is 18.8 Å². The standard InChI is InChI=1S/C26H27N3O5/c1-13-6-8-17-16(10-13)26(25(34)27-17)22-21(23(32)29(24(22)33)15-4-2-3-5-15)18(28-26)11-14-7-9-19(30)20(31)12-14/h6-10,12,15,18,21-22,28,30-31H,2-5,11H2,1H3,(H,27,34)/t18-,21+,22-,26-/m0/s1. The number of benzene rings is 2. The van der Waals surface area contributed by atoms with Crippen LogP contribution in [0.5, 0.6) is 11.5 Å². The summed E-state index contributed by atoms with van der Waals surface area (Å²) in [5, 5.41) is 26.1. The second-order valence-electron chi connectivity index (χ2n) is 10.1. The Morgan fingerprint density at radius 2 is 1.76 bits per heavy atom. The highest BCUT2D eigenvalue weighted by Crippen LogP contribution is 2.54. The van der Waals surface area contributed by atoms with E-state index in [1.807, 2.05) is 25.1 Å². The minimum absolute atomic E-state index is 0.109. The van der Waals surface area contributed by atoms with Crippen molar-refractivity contribution in [3.8, 4) is 11.5 Å². The summed E-state index contributed by atoms with van der Waals surface area (Å²) in [6.07, 6.45) is 3.90. The minimum Gasteiger partial charge on any atom is -0.504 e. The number of amides is 3. The molecule has 176 valence electrons. The van der Waals surface area contributed by atoms with Crippen LogP contribution in [0.1, 0.15) is 42.4 Å². The number of carbonyl (C=O) groups excluding carboxylic acids is 3. The first-order valence-corrected chi connectivity index (χ1v) is 11.9. The molecule has 4 N–H and O–H groups in total. The SMILES string of the molecule is Cc1ccc2c(c1)[C@@]1(N[C@@H](Cc3ccc(O)c(O)c3)[C@H]3C(=O)N(C4CCCC4)C(=O)[C@H]31)C(=O)N2. The van der Waals surface area contributed by atoms with Gasteiger partial charge in [0.05, 0.1) is 11.8 Å². The Morgan fingerprint density at radius 1 is 1.00 bits per heavy atom. The summed E-state index contributed by atoms with van der Waals surface area (Å²) in [6, 6.07) is 9.61. The van der Waals surface area contributed by atoms with Crippen molar-refractivity contribution in [2.75, 3.05) is 5.32 Å². The smallest absolute Gasteiger partial charge is 0.250 e. The van der Waals surface area contributed by atoms with E-state index in [-0.39, 0.29) is 35.3 Å². The second-order valence-corrected chi connectivity index (χ2v) is 10.1. The molecule has 8 nitrogen and oxygen atoms in total. The van der Waals surface area contributed by atoms with Crippen molar-refractivity contribution in [1.29, 1.82) is 0 Å². The van der Waals surface area contributed by atoms with Gasteiger partial charge in [-0.1, -0.05) is 36.6 Å². The van der Waals surface area contributed by atoms with Gasteiger partial charge in [0.1, 0.15) is 5.54 Å². The molecule has 3 amide bonds. The number of imide groups is 1. The monoisotopic (exact) mass is 461 g/mol. The Labute approximate surface area is 197 Å². The summed E-state index contributed by atoms with van der Waals surface area (Å²) in [6.45, 7) is 1.94. The van der Waals surface area contributed by atoms with Gasteiger partial charge in [0.2, 0.25) is 17.7 Å². The molecule has 3 aliphatic heterocycles. The summed E-state index contributed by atoms with van der Waals surface area (Å²) in [5.41, 5.74) is 1.70. The van der Waals surface area contributed by atoms with Crippen molar-refractivity contribution in [3.05, 3.63) is 53.1 Å². The molecule has 2 aromatic carbocycles. The van der Waals surface area contributed by atoms with E-state index in [0.717, 1.165) is 31.2 Å². The lowest BCUT2D eigenvalue weighted by Gasteiger charge is -2.31. The van der Waals surface area contributed by atoms with E-state index in [4.69, 9.17) is 0 Å². The lowest BCUT2D eigenvalue weighted by molar-refractivity contribution is -0.145. The number of rotatable bonds is 3. The highest BCUT2D eigenvalue weighted by Gasteiger charge is 2.70. The van der Waals surface area contributed by atoms with Crippen molar-refractivity contribution < 1.29 is 24.6 Å². The number of fused-ring (bicyclic) bond motifs is 4. The summed E-state index contributed by atoms with van der Waals surface area (Å²) >= 11 is 0. The van der Waals surface area contributed by atoms with E-state index >= 15 is 0 Å². The van der Waals surface area contributed by atoms with Crippen LogP contribution in [0.15, 0.2) is 36.4 Å². The van der Waals surface area contributed by atoms with Gasteiger partial charge in [-0.05, 0) is 49.9 Å². The maximum Gasteiger partial charge on any atom is 0.250 e. The number of aryl methyl sites for hydroxylation is 1. The Hall–Kier alpha value is -3.39. The predicted molar refractivity (Wildman–Crippen MR) is 123 cm³/mol. The average Bonchev–Trinajstić information content (AvgIpc) is 3.54. The zero-order valence-corrected chi connectivity index (χ0v) is 18.9. The fourth-order valence-electron chi connectivity index (χ4n) is 6.59. The van der Waals surface area contributed by atoms with Crippen molar-refractivity contribution >= 4 is 23.4 Å². The molecule has 0 bridgehead atoms. The topological polar surface area (TPSA) is 119 Å². The number of phenolic OH excluding ortho intramolecular Hbond substituents is 2. The van der Waals surface area contributed by atoms with Gasteiger partial charge in [-0.2, -0.15) is 0 Å². The first kappa shape index (κ1) is 21.2. The Balaban J connectivity index is 1.47. The molecule has 3 fully saturated rings. The van der Waals surface area contributed by atoms with Gasteiger partial charge in [-0.25, -0.2) is 0 Å². The predicted octanol–water partition coefficient (Wildman–Crippen LogP) is 2.31. The molecule has 2 aromatic rings. The molecule has 3 heterocycles. The third kappa shape index (κ3) is 2.78. The number of phenols is 2. The van der Waals surface area contributed by atoms with E-state index in [1.54, 1.807) is 6.07 Å². The minimum atomic E-state index is -1.32. The van der Waals surface area contributed by atoms with Crippen LogP contribution < -0.4 is 10.6 Å². The zero-order valence-electron chi connectivity index (χ0n) is 18.9. The first-order chi connectivity index (χ1) is 16.3. The number of carbonyl (C=O) groups is 3. The number of aromatic hydroxyl groups is 2. The Bertz CT molecular complexity index is 1240. The average molecular weight is 462 g/mol. The second kappa shape index (κ2) is 7.30. The molecular weight excluding hydrogens is 434 g/mol. The number of likely N-dealkylation sites (tertiary alicyclic amines) is 1. The van der Waals surface area contributed by atoms with Crippen LogP contribution >= 0.6 is 0 Å². The van der Waals surface area contributed by atoms with Crippen LogP contribution in [0.25, 0.3) is 0 Å². The molecule has 34 heavy (non-hydrogen) atoms. The van der Waals surface area contributed by atoms with Crippen LogP contribution in [-0.2, 0) is 26.3 Å². The molecule has 1 saturated carbocycles. The van der Waals surface area contributed by atoms with Gasteiger partial charge in [0.15, 0.2) is 11.5 Å². The lowest BCUT2D eigenvalue weighted by atomic mass is 9.76.